The minimum atomic E-state index is -0.750. The summed E-state index contributed by atoms with van der Waals surface area (Å²) < 4.78 is 0.997. The number of fused-ring (bicyclic) bond motifs is 3. The molecule has 0 radical (unpaired) electrons. The second kappa shape index (κ2) is 8.65. The Hall–Kier alpha value is -2.34. The van der Waals surface area contributed by atoms with Crippen LogP contribution in [0.1, 0.15) is 62.7 Å². The maximum Gasteiger partial charge on any atom is 0.303 e. The third-order valence-electron chi connectivity index (χ3n) is 7.54. The molecule has 3 aliphatic rings. The number of rotatable bonds is 8. The molecule has 1 aromatic heterocycles. The molecule has 2 aromatic rings. The number of amides is 1. The predicted octanol–water partition coefficient (Wildman–Crippen LogP) is 5.59. The highest BCUT2D eigenvalue weighted by atomic mass is 32.1. The lowest BCUT2D eigenvalue weighted by Crippen LogP contribution is -2.63. The van der Waals surface area contributed by atoms with Crippen LogP contribution in [-0.4, -0.2) is 28.1 Å². The van der Waals surface area contributed by atoms with E-state index < -0.39 is 5.97 Å². The van der Waals surface area contributed by atoms with Gasteiger partial charge in [0.15, 0.2) is 0 Å². The number of aliphatic carboxylic acids is 1. The third-order valence-corrected chi connectivity index (χ3v) is 8.50. The van der Waals surface area contributed by atoms with Gasteiger partial charge in [-0.05, 0) is 73.5 Å². The smallest absolute Gasteiger partial charge is 0.303 e. The van der Waals surface area contributed by atoms with Gasteiger partial charge in [-0.2, -0.15) is 0 Å². The molecule has 4 atom stereocenters. The van der Waals surface area contributed by atoms with Gasteiger partial charge in [-0.15, -0.1) is 11.3 Å². The fraction of sp³-hybridized carbons (Fsp3) is 0.520. The molecule has 166 valence electrons. The van der Waals surface area contributed by atoms with Crippen molar-refractivity contribution in [2.75, 3.05) is 0 Å². The van der Waals surface area contributed by atoms with Crippen LogP contribution in [0, 0.1) is 23.2 Å². The Morgan fingerprint density at radius 1 is 1.26 bits per heavy atom. The van der Waals surface area contributed by atoms with Crippen molar-refractivity contribution in [2.45, 2.75) is 58.4 Å². The molecule has 3 fully saturated rings. The molecule has 31 heavy (non-hydrogen) atoms. The Balaban J connectivity index is 1.46. The van der Waals surface area contributed by atoms with Gasteiger partial charge in [-0.1, -0.05) is 26.0 Å². The van der Waals surface area contributed by atoms with Crippen molar-refractivity contribution >= 4 is 33.3 Å². The van der Waals surface area contributed by atoms with E-state index in [1.165, 1.54) is 17.8 Å². The number of phenols is 1. The summed E-state index contributed by atoms with van der Waals surface area (Å²) in [5.74, 6) is 0.939. The lowest BCUT2D eigenvalue weighted by atomic mass is 9.44. The zero-order valence-corrected chi connectivity index (χ0v) is 19.0. The fourth-order valence-electron chi connectivity index (χ4n) is 5.55. The van der Waals surface area contributed by atoms with E-state index in [4.69, 9.17) is 5.11 Å². The highest BCUT2D eigenvalue weighted by Crippen LogP contribution is 2.61. The Labute approximate surface area is 187 Å². The summed E-state index contributed by atoms with van der Waals surface area (Å²) >= 11 is 1.52. The Morgan fingerprint density at radius 3 is 2.81 bits per heavy atom. The first-order valence-corrected chi connectivity index (χ1v) is 12.0. The standard InChI is InChI=1S/C25H31NO4S/c1-25(2)16-11-15(7-5-3-4-6-8-22(28)29)23(20(25)12-16)26-24(30)19-14-31-21-10-9-17(27)13-18(19)21/h3,5,9-10,13-16,20,23,27H,4,6-8,11-12H2,1-2H3,(H,26,30)(H,28,29)/t15-,16-,20-,23?/m1/s1. The van der Waals surface area contributed by atoms with Crippen LogP contribution in [0.25, 0.3) is 10.1 Å². The summed E-state index contributed by atoms with van der Waals surface area (Å²) in [4.78, 5) is 23.9. The first kappa shape index (κ1) is 21.9. The number of aromatic hydroxyl groups is 1. The van der Waals surface area contributed by atoms with E-state index in [1.807, 2.05) is 11.4 Å². The summed E-state index contributed by atoms with van der Waals surface area (Å²) in [6, 6.07) is 5.30. The molecule has 1 heterocycles. The second-order valence-electron chi connectivity index (χ2n) is 9.68. The van der Waals surface area contributed by atoms with Crippen molar-refractivity contribution in [3.05, 3.63) is 41.3 Å². The molecule has 3 aliphatic carbocycles. The summed E-state index contributed by atoms with van der Waals surface area (Å²) in [5, 5.41) is 24.7. The van der Waals surface area contributed by atoms with Crippen molar-refractivity contribution in [2.24, 2.45) is 23.2 Å². The molecule has 0 spiro atoms. The van der Waals surface area contributed by atoms with E-state index in [1.54, 1.807) is 12.1 Å². The topological polar surface area (TPSA) is 86.6 Å². The van der Waals surface area contributed by atoms with Crippen molar-refractivity contribution < 1.29 is 19.8 Å². The zero-order valence-electron chi connectivity index (χ0n) is 18.1. The van der Waals surface area contributed by atoms with E-state index in [2.05, 4.69) is 31.3 Å². The highest BCUT2D eigenvalue weighted by Gasteiger charge is 2.57. The summed E-state index contributed by atoms with van der Waals surface area (Å²) in [6.07, 6.45) is 9.08. The van der Waals surface area contributed by atoms with Gasteiger partial charge in [0.25, 0.3) is 5.91 Å². The van der Waals surface area contributed by atoms with Gasteiger partial charge in [-0.3, -0.25) is 9.59 Å². The minimum Gasteiger partial charge on any atom is -0.508 e. The SMILES string of the molecule is CC1(C)[C@@H]2C[C@@H](CC=CCCCC(=O)O)C(NC(=O)c3csc4ccc(O)cc34)[C@H]1C2. The third kappa shape index (κ3) is 4.36. The molecule has 3 saturated carbocycles. The van der Waals surface area contributed by atoms with Crippen LogP contribution in [0.4, 0.5) is 0 Å². The molecular formula is C25H31NO4S. The van der Waals surface area contributed by atoms with Crippen LogP contribution in [0.3, 0.4) is 0 Å². The van der Waals surface area contributed by atoms with E-state index >= 15 is 0 Å². The number of carbonyl (C=O) groups excluding carboxylic acids is 1. The van der Waals surface area contributed by atoms with Crippen molar-refractivity contribution in [1.82, 2.24) is 5.32 Å². The van der Waals surface area contributed by atoms with Gasteiger partial charge in [-0.25, -0.2) is 0 Å². The Morgan fingerprint density at radius 2 is 2.06 bits per heavy atom. The summed E-state index contributed by atoms with van der Waals surface area (Å²) in [7, 11) is 0. The van der Waals surface area contributed by atoms with Gasteiger partial charge < -0.3 is 15.5 Å². The van der Waals surface area contributed by atoms with Crippen molar-refractivity contribution in [3.63, 3.8) is 0 Å². The van der Waals surface area contributed by atoms with Crippen LogP contribution in [0.15, 0.2) is 35.7 Å². The maximum atomic E-state index is 13.2. The average molecular weight is 442 g/mol. The maximum absolute atomic E-state index is 13.2. The van der Waals surface area contributed by atoms with Gasteiger partial charge in [0.1, 0.15) is 5.75 Å². The first-order chi connectivity index (χ1) is 14.8. The normalized spacial score (nSPS) is 26.6. The molecule has 1 aromatic carbocycles. The van der Waals surface area contributed by atoms with Crippen LogP contribution in [0.5, 0.6) is 5.75 Å². The average Bonchev–Trinajstić information content (AvgIpc) is 3.13. The number of allylic oxidation sites excluding steroid dienone is 2. The molecule has 0 saturated heterocycles. The number of benzene rings is 1. The number of phenolic OH excluding ortho intramolecular Hbond substituents is 1. The number of carboxylic acid groups (broad SMARTS) is 1. The number of carbonyl (C=O) groups is 2. The minimum absolute atomic E-state index is 0.0570. The van der Waals surface area contributed by atoms with Gasteiger partial charge in [0, 0.05) is 27.9 Å². The van der Waals surface area contributed by atoms with Gasteiger partial charge in [0.2, 0.25) is 0 Å². The van der Waals surface area contributed by atoms with Crippen LogP contribution in [-0.2, 0) is 4.79 Å². The van der Waals surface area contributed by atoms with E-state index in [0.29, 0.717) is 29.7 Å². The quantitative estimate of drug-likeness (QED) is 0.368. The number of hydrogen-bond acceptors (Lipinski definition) is 4. The van der Waals surface area contributed by atoms with Gasteiger partial charge >= 0.3 is 5.97 Å². The number of unbranched alkanes of at least 4 members (excludes halogenated alkanes) is 1. The molecule has 5 nitrogen and oxygen atoms in total. The van der Waals surface area contributed by atoms with Crippen molar-refractivity contribution in [3.8, 4) is 5.75 Å². The monoisotopic (exact) mass is 441 g/mol. The van der Waals surface area contributed by atoms with Crippen LogP contribution >= 0.6 is 11.3 Å². The molecule has 6 heteroatoms. The number of thiophene rings is 1. The Bertz CT molecular complexity index is 1010. The van der Waals surface area contributed by atoms with E-state index in [9.17, 15) is 14.7 Å². The molecular weight excluding hydrogens is 410 g/mol. The van der Waals surface area contributed by atoms with E-state index in [-0.39, 0.29) is 29.5 Å². The second-order valence-corrected chi connectivity index (χ2v) is 10.6. The lowest BCUT2D eigenvalue weighted by molar-refractivity contribution is -0.137. The highest BCUT2D eigenvalue weighted by molar-refractivity contribution is 7.17. The number of nitrogens with one attached hydrogen (secondary N) is 1. The van der Waals surface area contributed by atoms with E-state index in [0.717, 1.165) is 29.3 Å². The lowest BCUT2D eigenvalue weighted by Gasteiger charge is -2.62. The number of carboxylic acids is 1. The number of hydrogen-bond donors (Lipinski definition) is 3. The largest absolute Gasteiger partial charge is 0.508 e. The van der Waals surface area contributed by atoms with Crippen molar-refractivity contribution in [1.29, 1.82) is 0 Å². The molecule has 5 rings (SSSR count). The zero-order chi connectivity index (χ0) is 22.2. The summed E-state index contributed by atoms with van der Waals surface area (Å²) in [6.45, 7) is 4.64. The van der Waals surface area contributed by atoms with Crippen LogP contribution < -0.4 is 5.32 Å². The molecule has 1 unspecified atom stereocenters. The molecule has 1 amide bonds. The molecule has 2 bridgehead atoms. The van der Waals surface area contributed by atoms with Crippen LogP contribution in [0.2, 0.25) is 0 Å². The molecule has 0 aliphatic heterocycles. The first-order valence-electron chi connectivity index (χ1n) is 11.1. The van der Waals surface area contributed by atoms with Gasteiger partial charge in [0.05, 0.1) is 5.56 Å². The fourth-order valence-corrected chi connectivity index (χ4v) is 6.47. The predicted molar refractivity (Wildman–Crippen MR) is 123 cm³/mol. The summed E-state index contributed by atoms with van der Waals surface area (Å²) in [5.41, 5.74) is 0.882. The Kier molecular flexibility index (Phi) is 6.11. The molecule has 3 N–H and O–H groups in total.